The van der Waals surface area contributed by atoms with E-state index in [0.29, 0.717) is 12.6 Å². The van der Waals surface area contributed by atoms with Gasteiger partial charge >= 0.3 is 6.09 Å². The monoisotopic (exact) mass is 574 g/mol. The number of carbonyl (C=O) groups excluding carboxylic acids is 1. The van der Waals surface area contributed by atoms with Gasteiger partial charge in [-0.3, -0.25) is 4.90 Å². The molecule has 2 saturated heterocycles. The summed E-state index contributed by atoms with van der Waals surface area (Å²) in [5.74, 6) is 1.84. The summed E-state index contributed by atoms with van der Waals surface area (Å²) in [6.07, 6.45) is 5.79. The molecule has 0 saturated carbocycles. The lowest BCUT2D eigenvalue weighted by molar-refractivity contribution is 0.0219. The third-order valence-electron chi connectivity index (χ3n) is 8.43. The molecule has 1 amide bonds. The second-order valence-corrected chi connectivity index (χ2v) is 12.7. The number of H-pyrrole nitrogens is 2. The van der Waals surface area contributed by atoms with Crippen LogP contribution in [-0.4, -0.2) is 49.6 Å². The molecule has 2 aliphatic heterocycles. The third-order valence-corrected chi connectivity index (χ3v) is 8.43. The van der Waals surface area contributed by atoms with Gasteiger partial charge in [0.1, 0.15) is 17.2 Å². The Bertz CT molecular complexity index is 1740. The van der Waals surface area contributed by atoms with Gasteiger partial charge < -0.3 is 20.0 Å². The molecule has 2 aromatic heterocycles. The lowest BCUT2D eigenvalue weighted by Gasteiger charge is -2.27. The summed E-state index contributed by atoms with van der Waals surface area (Å²) >= 11 is 0. The first-order valence-corrected chi connectivity index (χ1v) is 15.3. The topological polar surface area (TPSA) is 98.9 Å². The van der Waals surface area contributed by atoms with Crippen LogP contribution >= 0.6 is 0 Å². The number of imidazole rings is 2. The Balaban J connectivity index is 1.06. The van der Waals surface area contributed by atoms with E-state index < -0.39 is 5.60 Å². The Labute approximate surface area is 251 Å². The number of benzene rings is 3. The van der Waals surface area contributed by atoms with Crippen molar-refractivity contribution in [3.05, 3.63) is 84.6 Å². The molecule has 2 fully saturated rings. The summed E-state index contributed by atoms with van der Waals surface area (Å²) in [7, 11) is 0. The molecule has 0 spiro atoms. The van der Waals surface area contributed by atoms with Crippen molar-refractivity contribution < 1.29 is 9.53 Å². The van der Waals surface area contributed by atoms with E-state index in [9.17, 15) is 4.79 Å². The molecule has 0 aliphatic carbocycles. The van der Waals surface area contributed by atoms with Crippen LogP contribution in [0.4, 0.5) is 4.79 Å². The first kappa shape index (κ1) is 27.4. The predicted octanol–water partition coefficient (Wildman–Crippen LogP) is 7.78. The Morgan fingerprint density at radius 2 is 1.51 bits per heavy atom. The molecule has 2 atom stereocenters. The first-order valence-electron chi connectivity index (χ1n) is 15.3. The van der Waals surface area contributed by atoms with Crippen molar-refractivity contribution in [2.24, 2.45) is 0 Å². The number of nitrogens with one attached hydrogen (secondary N) is 3. The van der Waals surface area contributed by atoms with Crippen LogP contribution in [0.2, 0.25) is 0 Å². The van der Waals surface area contributed by atoms with Crippen LogP contribution in [-0.2, 0) is 4.74 Å². The van der Waals surface area contributed by atoms with Crippen LogP contribution < -0.4 is 5.32 Å². The highest BCUT2D eigenvalue weighted by Crippen LogP contribution is 2.34. The minimum absolute atomic E-state index is 0.101. The van der Waals surface area contributed by atoms with Crippen molar-refractivity contribution in [1.29, 1.82) is 0 Å². The number of fused-ring (bicyclic) bond motifs is 1. The summed E-state index contributed by atoms with van der Waals surface area (Å²) < 4.78 is 5.65. The van der Waals surface area contributed by atoms with E-state index in [2.05, 4.69) is 80.9 Å². The number of likely N-dealkylation sites (tertiary alicyclic amines) is 1. The molecule has 2 aliphatic rings. The number of rotatable bonds is 5. The number of hydrogen-bond acceptors (Lipinski definition) is 5. The van der Waals surface area contributed by atoms with E-state index in [0.717, 1.165) is 70.9 Å². The average Bonchev–Trinajstić information content (AvgIpc) is 3.82. The van der Waals surface area contributed by atoms with Crippen LogP contribution in [0, 0.1) is 0 Å². The van der Waals surface area contributed by atoms with Crippen LogP contribution in [0.15, 0.2) is 72.9 Å². The Hall–Kier alpha value is -4.43. The smallest absolute Gasteiger partial charge is 0.410 e. The number of carbonyl (C=O) groups is 1. The summed E-state index contributed by atoms with van der Waals surface area (Å²) in [5.41, 5.74) is 8.13. The quantitative estimate of drug-likeness (QED) is 0.199. The van der Waals surface area contributed by atoms with E-state index in [-0.39, 0.29) is 12.1 Å². The molecule has 8 nitrogen and oxygen atoms in total. The number of aromatic nitrogens is 4. The predicted molar refractivity (Wildman–Crippen MR) is 169 cm³/mol. The van der Waals surface area contributed by atoms with Gasteiger partial charge in [-0.1, -0.05) is 54.6 Å². The summed E-state index contributed by atoms with van der Waals surface area (Å²) in [6, 6.07) is 23.8. The maximum atomic E-state index is 12.8. The second kappa shape index (κ2) is 11.0. The highest BCUT2D eigenvalue weighted by Gasteiger charge is 2.35. The standard InChI is InChI=1S/C35H38N6O2/c1-35(2,3)43-34(42)41-19-5-7-31(41)33-38-27-17-16-26(20-29(27)39-33)24-10-8-22(9-11-24)23-12-14-25(15-13-23)30-21-37-32(40-30)28-6-4-18-36-28/h8-17,20-21,28,31,36H,4-7,18-19H2,1-3H3,(H,37,40)(H,38,39)/t28-,31-/m0/s1. The van der Waals surface area contributed by atoms with Crippen molar-refractivity contribution in [2.75, 3.05) is 13.1 Å². The largest absolute Gasteiger partial charge is 0.444 e. The summed E-state index contributed by atoms with van der Waals surface area (Å²) in [5, 5.41) is 3.50. The molecule has 3 N–H and O–H groups in total. The molecule has 5 aromatic rings. The van der Waals surface area contributed by atoms with Gasteiger partial charge in [-0.25, -0.2) is 14.8 Å². The molecular weight excluding hydrogens is 536 g/mol. The average molecular weight is 575 g/mol. The number of hydrogen-bond donors (Lipinski definition) is 3. The van der Waals surface area contributed by atoms with E-state index in [1.54, 1.807) is 4.90 Å². The van der Waals surface area contributed by atoms with Gasteiger partial charge in [-0.15, -0.1) is 0 Å². The minimum Gasteiger partial charge on any atom is -0.444 e. The Morgan fingerprint density at radius 3 is 2.19 bits per heavy atom. The molecule has 3 aromatic carbocycles. The zero-order valence-electron chi connectivity index (χ0n) is 25.0. The van der Waals surface area contributed by atoms with Gasteiger partial charge in [0.25, 0.3) is 0 Å². The summed E-state index contributed by atoms with van der Waals surface area (Å²) in [6.45, 7) is 7.43. The SMILES string of the molecule is CC(C)(C)OC(=O)N1CCC[C@H]1c1nc2ccc(-c3ccc(-c4ccc(-c5cnc([C@@H]6CCCN6)[nH]5)cc4)cc3)cc2[nH]1. The number of ether oxygens (including phenoxy) is 1. The maximum Gasteiger partial charge on any atom is 0.410 e. The fourth-order valence-electron chi connectivity index (χ4n) is 6.23. The van der Waals surface area contributed by atoms with Gasteiger partial charge in [0, 0.05) is 6.54 Å². The maximum absolute atomic E-state index is 12.8. The van der Waals surface area contributed by atoms with E-state index in [4.69, 9.17) is 9.72 Å². The van der Waals surface area contributed by atoms with Crippen molar-refractivity contribution in [3.8, 4) is 33.5 Å². The van der Waals surface area contributed by atoms with E-state index in [1.165, 1.54) is 17.5 Å². The van der Waals surface area contributed by atoms with Crippen molar-refractivity contribution in [2.45, 2.75) is 64.1 Å². The molecule has 0 radical (unpaired) electrons. The highest BCUT2D eigenvalue weighted by molar-refractivity contribution is 5.83. The normalized spacial score (nSPS) is 18.9. The van der Waals surface area contributed by atoms with Crippen LogP contribution in [0.3, 0.4) is 0 Å². The second-order valence-electron chi connectivity index (χ2n) is 12.7. The fraction of sp³-hybridized carbons (Fsp3) is 0.343. The van der Waals surface area contributed by atoms with Gasteiger partial charge in [-0.2, -0.15) is 0 Å². The Morgan fingerprint density at radius 1 is 0.837 bits per heavy atom. The van der Waals surface area contributed by atoms with Crippen LogP contribution in [0.1, 0.15) is 70.2 Å². The lowest BCUT2D eigenvalue weighted by atomic mass is 9.99. The number of amides is 1. The molecule has 0 unspecified atom stereocenters. The fourth-order valence-corrected chi connectivity index (χ4v) is 6.23. The number of aromatic amines is 2. The zero-order valence-corrected chi connectivity index (χ0v) is 25.0. The minimum atomic E-state index is -0.525. The molecule has 0 bridgehead atoms. The van der Waals surface area contributed by atoms with Gasteiger partial charge in [0.2, 0.25) is 0 Å². The highest BCUT2D eigenvalue weighted by atomic mass is 16.6. The van der Waals surface area contributed by atoms with Gasteiger partial charge in [-0.05, 0) is 92.9 Å². The van der Waals surface area contributed by atoms with Crippen LogP contribution in [0.5, 0.6) is 0 Å². The Kier molecular flexibility index (Phi) is 7.01. The molecule has 220 valence electrons. The van der Waals surface area contributed by atoms with Crippen molar-refractivity contribution >= 4 is 17.1 Å². The molecule has 4 heterocycles. The summed E-state index contributed by atoms with van der Waals surface area (Å²) in [4.78, 5) is 31.1. The van der Waals surface area contributed by atoms with Crippen molar-refractivity contribution in [1.82, 2.24) is 30.2 Å². The molecule has 8 heteroatoms. The number of nitrogens with zero attached hydrogens (tertiary/aromatic N) is 3. The van der Waals surface area contributed by atoms with Gasteiger partial charge in [0.15, 0.2) is 0 Å². The molecule has 7 rings (SSSR count). The van der Waals surface area contributed by atoms with E-state index >= 15 is 0 Å². The van der Waals surface area contributed by atoms with E-state index in [1.807, 2.05) is 33.0 Å². The third kappa shape index (κ3) is 5.67. The zero-order chi connectivity index (χ0) is 29.6. The lowest BCUT2D eigenvalue weighted by Crippen LogP contribution is -2.36. The molecule has 43 heavy (non-hydrogen) atoms. The van der Waals surface area contributed by atoms with Crippen molar-refractivity contribution in [3.63, 3.8) is 0 Å². The van der Waals surface area contributed by atoms with Gasteiger partial charge in [0.05, 0.1) is 35.0 Å². The first-order chi connectivity index (χ1) is 20.8. The van der Waals surface area contributed by atoms with Crippen LogP contribution in [0.25, 0.3) is 44.5 Å². The molecular formula is C35H38N6O2.